The van der Waals surface area contributed by atoms with Crippen molar-refractivity contribution in [3.63, 3.8) is 0 Å². The van der Waals surface area contributed by atoms with Crippen LogP contribution < -0.4 is 10.2 Å². The highest BCUT2D eigenvalue weighted by molar-refractivity contribution is 7.80. The van der Waals surface area contributed by atoms with Gasteiger partial charge in [0.2, 0.25) is 0 Å². The second-order valence-corrected chi connectivity index (χ2v) is 6.43. The Kier molecular flexibility index (Phi) is 4.82. The van der Waals surface area contributed by atoms with E-state index in [1.165, 1.54) is 12.1 Å². The number of nitrogens with one attached hydrogen (secondary N) is 1. The third kappa shape index (κ3) is 3.27. The first kappa shape index (κ1) is 16.9. The molecule has 0 radical (unpaired) electrons. The Balaban J connectivity index is 1.93. The van der Waals surface area contributed by atoms with Crippen molar-refractivity contribution in [2.45, 2.75) is 19.3 Å². The Bertz CT molecular complexity index is 747. The van der Waals surface area contributed by atoms with Crippen LogP contribution in [0.15, 0.2) is 30.0 Å². The zero-order chi connectivity index (χ0) is 17.3. The largest absolute Gasteiger partial charge is 0.377 e. The van der Waals surface area contributed by atoms with Gasteiger partial charge < -0.3 is 4.90 Å². The summed E-state index contributed by atoms with van der Waals surface area (Å²) in [6, 6.07) is 3.84. The lowest BCUT2D eigenvalue weighted by molar-refractivity contribution is -0.122. The molecule has 24 heavy (non-hydrogen) atoms. The molecule has 5 nitrogen and oxygen atoms in total. The van der Waals surface area contributed by atoms with Crippen LogP contribution >= 0.6 is 23.8 Å². The van der Waals surface area contributed by atoms with E-state index in [9.17, 15) is 14.0 Å². The molecule has 0 aromatic heterocycles. The monoisotopic (exact) mass is 367 g/mol. The van der Waals surface area contributed by atoms with Gasteiger partial charge in [-0.3, -0.25) is 19.8 Å². The van der Waals surface area contributed by atoms with Crippen LogP contribution in [0.3, 0.4) is 0 Å². The molecule has 126 valence electrons. The minimum atomic E-state index is -0.594. The summed E-state index contributed by atoms with van der Waals surface area (Å²) in [5.74, 6) is -1.67. The lowest BCUT2D eigenvalue weighted by atomic mass is 10.1. The first-order chi connectivity index (χ1) is 11.5. The summed E-state index contributed by atoms with van der Waals surface area (Å²) in [6.07, 6.45) is 4.77. The van der Waals surface area contributed by atoms with Gasteiger partial charge in [-0.05, 0) is 49.7 Å². The van der Waals surface area contributed by atoms with Crippen LogP contribution in [0.2, 0.25) is 5.02 Å². The number of rotatable bonds is 2. The van der Waals surface area contributed by atoms with Gasteiger partial charge in [0.25, 0.3) is 11.8 Å². The average Bonchev–Trinajstić information content (AvgIpc) is 2.55. The first-order valence-electron chi connectivity index (χ1n) is 7.58. The maximum absolute atomic E-state index is 13.4. The third-order valence-corrected chi connectivity index (χ3v) is 4.54. The normalized spacial score (nSPS) is 20.6. The molecule has 2 amide bonds. The number of hydrogen-bond donors (Lipinski definition) is 1. The van der Waals surface area contributed by atoms with Crippen LogP contribution in [-0.2, 0) is 9.59 Å². The number of carbonyl (C=O) groups is 2. The molecule has 0 aliphatic carbocycles. The highest BCUT2D eigenvalue weighted by Crippen LogP contribution is 2.26. The van der Waals surface area contributed by atoms with E-state index in [1.807, 2.05) is 4.90 Å². The molecule has 1 aromatic rings. The molecule has 3 rings (SSSR count). The number of amides is 2. The van der Waals surface area contributed by atoms with Crippen molar-refractivity contribution in [2.75, 3.05) is 18.0 Å². The molecule has 2 saturated heterocycles. The fourth-order valence-corrected chi connectivity index (χ4v) is 3.19. The minimum absolute atomic E-state index is 0.00551. The lowest BCUT2D eigenvalue weighted by Gasteiger charge is -2.31. The summed E-state index contributed by atoms with van der Waals surface area (Å²) in [6.45, 7) is 1.60. The van der Waals surface area contributed by atoms with E-state index < -0.39 is 17.6 Å². The standard InChI is InChI=1S/C16H15ClFN3O2S/c17-12-8-10(4-5-13(12)18)21-15(23)11(14(22)19-16(21)24)9-20-6-2-1-3-7-20/h4-5,8-9H,1-3,6-7H2,(H,19,22,24)/b11-9-. The van der Waals surface area contributed by atoms with Crippen molar-refractivity contribution in [2.24, 2.45) is 0 Å². The quantitative estimate of drug-likeness (QED) is 0.496. The number of piperidine rings is 1. The minimum Gasteiger partial charge on any atom is -0.377 e. The van der Waals surface area contributed by atoms with E-state index in [4.69, 9.17) is 23.8 Å². The van der Waals surface area contributed by atoms with Crippen LogP contribution in [0.4, 0.5) is 10.1 Å². The fourth-order valence-electron chi connectivity index (χ4n) is 2.73. The van der Waals surface area contributed by atoms with Gasteiger partial charge in [0.15, 0.2) is 5.11 Å². The Morgan fingerprint density at radius 2 is 1.92 bits per heavy atom. The number of anilines is 1. The molecule has 0 saturated carbocycles. The van der Waals surface area contributed by atoms with Gasteiger partial charge in [0, 0.05) is 19.3 Å². The Hall–Kier alpha value is -1.99. The number of likely N-dealkylation sites (tertiary alicyclic amines) is 1. The van der Waals surface area contributed by atoms with Gasteiger partial charge in [-0.25, -0.2) is 4.39 Å². The number of carbonyl (C=O) groups excluding carboxylic acids is 2. The SMILES string of the molecule is O=C1NC(=S)N(c2ccc(F)c(Cl)c2)C(=O)/C1=C\N1CCCCC1. The molecule has 0 atom stereocenters. The van der Waals surface area contributed by atoms with E-state index in [2.05, 4.69) is 5.32 Å². The third-order valence-electron chi connectivity index (χ3n) is 3.97. The van der Waals surface area contributed by atoms with Crippen LogP contribution in [0.25, 0.3) is 0 Å². The van der Waals surface area contributed by atoms with Crippen LogP contribution in [0, 0.1) is 5.82 Å². The van der Waals surface area contributed by atoms with Crippen molar-refractivity contribution in [3.8, 4) is 0 Å². The summed E-state index contributed by atoms with van der Waals surface area (Å²) >= 11 is 10.9. The Morgan fingerprint density at radius 1 is 1.21 bits per heavy atom. The van der Waals surface area contributed by atoms with E-state index in [1.54, 1.807) is 6.20 Å². The van der Waals surface area contributed by atoms with Crippen LogP contribution in [-0.4, -0.2) is 34.9 Å². The predicted molar refractivity (Wildman–Crippen MR) is 93.1 cm³/mol. The van der Waals surface area contributed by atoms with Gasteiger partial charge in [0.1, 0.15) is 11.4 Å². The zero-order valence-electron chi connectivity index (χ0n) is 12.7. The van der Waals surface area contributed by atoms with Crippen molar-refractivity contribution in [1.82, 2.24) is 10.2 Å². The highest BCUT2D eigenvalue weighted by Gasteiger charge is 2.35. The highest BCUT2D eigenvalue weighted by atomic mass is 35.5. The van der Waals surface area contributed by atoms with Crippen molar-refractivity contribution >= 4 is 46.4 Å². The number of nitrogens with zero attached hydrogens (tertiary/aromatic N) is 2. The summed E-state index contributed by atoms with van der Waals surface area (Å²) in [7, 11) is 0. The maximum Gasteiger partial charge on any atom is 0.271 e. The molecule has 1 N–H and O–H groups in total. The molecular formula is C16H15ClFN3O2S. The number of thiocarbonyl (C=S) groups is 1. The number of hydrogen-bond acceptors (Lipinski definition) is 4. The van der Waals surface area contributed by atoms with Crippen molar-refractivity contribution in [1.29, 1.82) is 0 Å². The zero-order valence-corrected chi connectivity index (χ0v) is 14.3. The molecule has 2 aliphatic heterocycles. The molecular weight excluding hydrogens is 353 g/mol. The molecule has 2 fully saturated rings. The Morgan fingerprint density at radius 3 is 2.58 bits per heavy atom. The molecule has 0 spiro atoms. The van der Waals surface area contributed by atoms with Crippen LogP contribution in [0.1, 0.15) is 19.3 Å². The fraction of sp³-hybridized carbons (Fsp3) is 0.312. The second kappa shape index (κ2) is 6.86. The van der Waals surface area contributed by atoms with E-state index in [-0.39, 0.29) is 15.7 Å². The number of halogens is 2. The van der Waals surface area contributed by atoms with E-state index in [0.29, 0.717) is 5.69 Å². The van der Waals surface area contributed by atoms with Gasteiger partial charge in [-0.2, -0.15) is 0 Å². The number of benzene rings is 1. The van der Waals surface area contributed by atoms with Gasteiger partial charge in [-0.15, -0.1) is 0 Å². The van der Waals surface area contributed by atoms with E-state index >= 15 is 0 Å². The summed E-state index contributed by atoms with van der Waals surface area (Å²) < 4.78 is 13.4. The van der Waals surface area contributed by atoms with Crippen molar-refractivity contribution < 1.29 is 14.0 Å². The van der Waals surface area contributed by atoms with Gasteiger partial charge >= 0.3 is 0 Å². The van der Waals surface area contributed by atoms with Crippen LogP contribution in [0.5, 0.6) is 0 Å². The predicted octanol–water partition coefficient (Wildman–Crippen LogP) is 2.60. The first-order valence-corrected chi connectivity index (χ1v) is 8.36. The molecule has 2 heterocycles. The maximum atomic E-state index is 13.4. The molecule has 2 aliphatic rings. The molecule has 0 unspecified atom stereocenters. The summed E-state index contributed by atoms with van der Waals surface area (Å²) in [5.41, 5.74) is 0.312. The van der Waals surface area contributed by atoms with Gasteiger partial charge in [-0.1, -0.05) is 11.6 Å². The average molecular weight is 368 g/mol. The second-order valence-electron chi connectivity index (χ2n) is 5.64. The van der Waals surface area contributed by atoms with Crippen molar-refractivity contribution in [3.05, 3.63) is 40.8 Å². The van der Waals surface area contributed by atoms with E-state index in [0.717, 1.165) is 43.3 Å². The molecule has 8 heteroatoms. The lowest BCUT2D eigenvalue weighted by Crippen LogP contribution is -2.54. The summed E-state index contributed by atoms with van der Waals surface area (Å²) in [4.78, 5) is 28.0. The summed E-state index contributed by atoms with van der Waals surface area (Å²) in [5, 5.41) is 2.32. The smallest absolute Gasteiger partial charge is 0.271 e. The molecule has 1 aromatic carbocycles. The molecule has 0 bridgehead atoms. The Labute approximate surface area is 149 Å². The van der Waals surface area contributed by atoms with Gasteiger partial charge in [0.05, 0.1) is 10.7 Å². The topological polar surface area (TPSA) is 52.7 Å².